The molecule has 2 aromatic rings. The van der Waals surface area contributed by atoms with Crippen LogP contribution in [0, 0.1) is 16.7 Å². The molecule has 2 bridgehead atoms. The van der Waals surface area contributed by atoms with Crippen molar-refractivity contribution in [3.63, 3.8) is 0 Å². The van der Waals surface area contributed by atoms with Gasteiger partial charge in [-0.05, 0) is 37.1 Å². The molecule has 158 valence electrons. The number of benzene rings is 1. The lowest BCUT2D eigenvalue weighted by molar-refractivity contribution is -0.120. The molecule has 1 N–H and O–H groups in total. The molecule has 0 spiro atoms. The van der Waals surface area contributed by atoms with Crippen LogP contribution >= 0.6 is 11.6 Å². The van der Waals surface area contributed by atoms with Gasteiger partial charge in [-0.15, -0.1) is 0 Å². The monoisotopic (exact) mass is 438 g/mol. The Bertz CT molecular complexity index is 1190. The summed E-state index contributed by atoms with van der Waals surface area (Å²) in [5.41, 5.74) is 0.131. The number of aromatic nitrogens is 2. The minimum Gasteiger partial charge on any atom is -0.464 e. The smallest absolute Gasteiger partial charge is 0.300 e. The van der Waals surface area contributed by atoms with E-state index in [1.165, 1.54) is 16.7 Å². The molecule has 1 aliphatic carbocycles. The molecule has 1 fully saturated rings. The molecule has 31 heavy (non-hydrogen) atoms. The van der Waals surface area contributed by atoms with E-state index >= 15 is 0 Å². The number of ketones is 1. The topological polar surface area (TPSA) is 114 Å². The van der Waals surface area contributed by atoms with Crippen LogP contribution in [0.5, 0.6) is 6.01 Å². The minimum atomic E-state index is -0.590. The lowest BCUT2D eigenvalue weighted by Gasteiger charge is -2.16. The number of nitriles is 1. The van der Waals surface area contributed by atoms with Crippen LogP contribution in [0.1, 0.15) is 25.7 Å². The van der Waals surface area contributed by atoms with Crippen LogP contribution < -0.4 is 15.6 Å². The lowest BCUT2D eigenvalue weighted by Crippen LogP contribution is -2.28. The Labute approximate surface area is 183 Å². The second-order valence-corrected chi connectivity index (χ2v) is 8.11. The van der Waals surface area contributed by atoms with E-state index in [0.717, 1.165) is 0 Å². The zero-order valence-corrected chi connectivity index (χ0v) is 17.3. The average molecular weight is 439 g/mol. The first-order valence-corrected chi connectivity index (χ1v) is 10.2. The molecule has 1 saturated carbocycles. The standard InChI is InChI=1S/C22H19ClN4O4/c23-14-4-5-16-17(9-14)25-19(29)3-1-2-8-31-21-26-18(16)10-20(30)27(21)12-15(28)11-22(13-24)6-7-22/h1,3-5,9-10H,2,6-8,11-12H2,(H,25,29)/b3-1+. The first-order valence-electron chi connectivity index (χ1n) is 9.84. The van der Waals surface area contributed by atoms with Gasteiger partial charge in [-0.1, -0.05) is 17.7 Å². The third-order valence-corrected chi connectivity index (χ3v) is 5.47. The van der Waals surface area contributed by atoms with Gasteiger partial charge in [0.2, 0.25) is 5.91 Å². The molecular formula is C22H19ClN4O4. The van der Waals surface area contributed by atoms with E-state index in [1.807, 2.05) is 0 Å². The van der Waals surface area contributed by atoms with Crippen LogP contribution in [0.15, 0.2) is 41.2 Å². The zero-order valence-electron chi connectivity index (χ0n) is 16.6. The highest BCUT2D eigenvalue weighted by molar-refractivity contribution is 6.31. The molecule has 0 radical (unpaired) electrons. The highest BCUT2D eigenvalue weighted by Gasteiger charge is 2.44. The average Bonchev–Trinajstić information content (AvgIpc) is 3.49. The molecule has 1 aromatic carbocycles. The number of anilines is 1. The molecule has 4 rings (SSSR count). The molecule has 1 aromatic heterocycles. The van der Waals surface area contributed by atoms with Gasteiger partial charge >= 0.3 is 0 Å². The normalized spacial score (nSPS) is 17.6. The maximum atomic E-state index is 12.9. The first-order chi connectivity index (χ1) is 14.9. The molecule has 2 aliphatic rings. The fraction of sp³-hybridized carbons (Fsp3) is 0.318. The summed E-state index contributed by atoms with van der Waals surface area (Å²) in [7, 11) is 0. The van der Waals surface area contributed by atoms with Crippen LogP contribution in [0.3, 0.4) is 0 Å². The second-order valence-electron chi connectivity index (χ2n) is 7.67. The van der Waals surface area contributed by atoms with Crippen molar-refractivity contribution >= 4 is 29.0 Å². The van der Waals surface area contributed by atoms with E-state index in [2.05, 4.69) is 16.4 Å². The van der Waals surface area contributed by atoms with E-state index in [0.29, 0.717) is 35.5 Å². The number of halogens is 1. The minimum absolute atomic E-state index is 0.0128. The maximum Gasteiger partial charge on any atom is 0.300 e. The van der Waals surface area contributed by atoms with Gasteiger partial charge in [0, 0.05) is 29.5 Å². The zero-order chi connectivity index (χ0) is 22.0. The molecule has 1 aliphatic heterocycles. The number of hydrogen-bond donors (Lipinski definition) is 1. The van der Waals surface area contributed by atoms with Crippen molar-refractivity contribution in [1.29, 1.82) is 5.26 Å². The Morgan fingerprint density at radius 2 is 2.13 bits per heavy atom. The van der Waals surface area contributed by atoms with Crippen molar-refractivity contribution in [1.82, 2.24) is 9.55 Å². The maximum absolute atomic E-state index is 12.9. The van der Waals surface area contributed by atoms with Crippen LogP contribution in [-0.2, 0) is 16.1 Å². The van der Waals surface area contributed by atoms with E-state index in [9.17, 15) is 19.6 Å². The van der Waals surface area contributed by atoms with Crippen LogP contribution in [0.4, 0.5) is 5.69 Å². The summed E-state index contributed by atoms with van der Waals surface area (Å²) in [6, 6.07) is 8.34. The van der Waals surface area contributed by atoms with Crippen molar-refractivity contribution < 1.29 is 14.3 Å². The van der Waals surface area contributed by atoms with Crippen LogP contribution in [0.2, 0.25) is 5.02 Å². The van der Waals surface area contributed by atoms with Crippen molar-refractivity contribution in [2.45, 2.75) is 32.2 Å². The first kappa shape index (κ1) is 20.8. The highest BCUT2D eigenvalue weighted by atomic mass is 35.5. The number of Topliss-reactive ketones (excluding diaryl/α,β-unsaturated/α-hetero) is 1. The summed E-state index contributed by atoms with van der Waals surface area (Å²) in [5.74, 6) is -0.559. The number of rotatable bonds is 4. The molecule has 0 atom stereocenters. The Hall–Kier alpha value is -3.44. The quantitative estimate of drug-likeness (QED) is 0.784. The third-order valence-electron chi connectivity index (χ3n) is 5.23. The fourth-order valence-electron chi connectivity index (χ4n) is 3.39. The number of hydrogen-bond acceptors (Lipinski definition) is 6. The Morgan fingerprint density at radius 3 is 2.87 bits per heavy atom. The van der Waals surface area contributed by atoms with Crippen molar-refractivity contribution in [2.75, 3.05) is 11.9 Å². The molecule has 2 heterocycles. The largest absolute Gasteiger partial charge is 0.464 e. The third kappa shape index (κ3) is 4.67. The number of carbonyl (C=O) groups excluding carboxylic acids is 2. The van der Waals surface area contributed by atoms with Gasteiger partial charge < -0.3 is 10.1 Å². The van der Waals surface area contributed by atoms with Gasteiger partial charge in [0.1, 0.15) is 0 Å². The predicted octanol–water partition coefficient (Wildman–Crippen LogP) is 3.10. The SMILES string of the molecule is N#CC1(CC(=O)Cn2c3nc(cc2=O)-c2ccc(Cl)cc2NC(=O)/C=C/CCO3)CC1. The highest BCUT2D eigenvalue weighted by Crippen LogP contribution is 2.48. The summed E-state index contributed by atoms with van der Waals surface area (Å²) >= 11 is 6.08. The number of amides is 1. The number of carbonyl (C=O) groups is 2. The molecule has 0 saturated heterocycles. The summed E-state index contributed by atoms with van der Waals surface area (Å²) in [4.78, 5) is 42.0. The summed E-state index contributed by atoms with van der Waals surface area (Å²) in [5, 5.41) is 12.4. The molecule has 9 heteroatoms. The molecule has 0 unspecified atom stereocenters. The Kier molecular flexibility index (Phi) is 5.61. The van der Waals surface area contributed by atoms with E-state index < -0.39 is 11.0 Å². The molecular weight excluding hydrogens is 420 g/mol. The van der Waals surface area contributed by atoms with Gasteiger partial charge in [0.05, 0.1) is 36.0 Å². The number of fused-ring (bicyclic) bond motifs is 4. The van der Waals surface area contributed by atoms with Gasteiger partial charge in [-0.3, -0.25) is 19.0 Å². The number of ether oxygens (including phenoxy) is 1. The lowest BCUT2D eigenvalue weighted by atomic mass is 10.0. The number of nitrogens with one attached hydrogen (secondary N) is 1. The Morgan fingerprint density at radius 1 is 1.32 bits per heavy atom. The summed E-state index contributed by atoms with van der Waals surface area (Å²) in [6.45, 7) is -0.0472. The van der Waals surface area contributed by atoms with Crippen molar-refractivity contribution in [3.8, 4) is 23.3 Å². The van der Waals surface area contributed by atoms with E-state index in [1.54, 1.807) is 24.3 Å². The van der Waals surface area contributed by atoms with Crippen molar-refractivity contribution in [2.24, 2.45) is 5.41 Å². The van der Waals surface area contributed by atoms with Gasteiger partial charge in [0.25, 0.3) is 11.6 Å². The second kappa shape index (κ2) is 8.36. The Balaban J connectivity index is 1.74. The van der Waals surface area contributed by atoms with Gasteiger partial charge in [-0.2, -0.15) is 10.2 Å². The molecule has 1 amide bonds. The van der Waals surface area contributed by atoms with Gasteiger partial charge in [0.15, 0.2) is 5.78 Å². The van der Waals surface area contributed by atoms with Crippen LogP contribution in [0.25, 0.3) is 11.3 Å². The summed E-state index contributed by atoms with van der Waals surface area (Å²) < 4.78 is 6.89. The van der Waals surface area contributed by atoms with E-state index in [4.69, 9.17) is 16.3 Å². The predicted molar refractivity (Wildman–Crippen MR) is 114 cm³/mol. The molecule has 8 nitrogen and oxygen atoms in total. The number of nitrogens with zero attached hydrogens (tertiary/aromatic N) is 3. The van der Waals surface area contributed by atoms with E-state index in [-0.39, 0.29) is 43.0 Å². The summed E-state index contributed by atoms with van der Waals surface area (Å²) in [6.07, 6.45) is 4.94. The van der Waals surface area contributed by atoms with Crippen molar-refractivity contribution in [3.05, 3.63) is 51.8 Å². The van der Waals surface area contributed by atoms with Gasteiger partial charge in [-0.25, -0.2) is 0 Å². The fourth-order valence-corrected chi connectivity index (χ4v) is 3.57. The van der Waals surface area contributed by atoms with Crippen LogP contribution in [-0.4, -0.2) is 27.8 Å².